The Kier molecular flexibility index (Phi) is 8.22. The van der Waals surface area contributed by atoms with Crippen LogP contribution in [0.15, 0.2) is 0 Å². The van der Waals surface area contributed by atoms with Crippen LogP contribution in [0.5, 0.6) is 0 Å². The van der Waals surface area contributed by atoms with Crippen molar-refractivity contribution in [3.05, 3.63) is 0 Å². The van der Waals surface area contributed by atoms with Gasteiger partial charge < -0.3 is 0 Å². The molecule has 0 spiro atoms. The van der Waals surface area contributed by atoms with Crippen molar-refractivity contribution >= 4 is 0 Å². The molecule has 0 rings (SSSR count). The lowest BCUT2D eigenvalue weighted by Crippen LogP contribution is -2.54. The summed E-state index contributed by atoms with van der Waals surface area (Å²) < 4.78 is 0. The molecule has 0 saturated carbocycles. The molecule has 0 amide bonds. The van der Waals surface area contributed by atoms with Crippen LogP contribution in [-0.4, -0.2) is 35.6 Å². The number of nitrogens with zero attached hydrogens (tertiary/aromatic N) is 2. The first-order valence-corrected chi connectivity index (χ1v) is 7.31. The molecule has 18 heavy (non-hydrogen) atoms. The zero-order chi connectivity index (χ0) is 14.2. The Balaban J connectivity index is 4.65. The summed E-state index contributed by atoms with van der Waals surface area (Å²) in [5.41, 5.74) is -0.453. The van der Waals surface area contributed by atoms with Crippen LogP contribution < -0.4 is 5.32 Å². The maximum Gasteiger partial charge on any atom is 0.116 e. The molecular weight excluding hydrogens is 222 g/mol. The van der Waals surface area contributed by atoms with Crippen molar-refractivity contribution < 1.29 is 0 Å². The van der Waals surface area contributed by atoms with E-state index < -0.39 is 5.54 Å². The average Bonchev–Trinajstić information content (AvgIpc) is 2.32. The SMILES string of the molecule is CCCCN(CC(C)(C#N)NC(C)C)C(C)CC. The Morgan fingerprint density at radius 2 is 1.89 bits per heavy atom. The van der Waals surface area contributed by atoms with Gasteiger partial charge in [0.15, 0.2) is 0 Å². The molecule has 2 atom stereocenters. The largest absolute Gasteiger partial charge is 0.298 e. The summed E-state index contributed by atoms with van der Waals surface area (Å²) in [4.78, 5) is 2.45. The van der Waals surface area contributed by atoms with E-state index in [0.29, 0.717) is 12.1 Å². The lowest BCUT2D eigenvalue weighted by Gasteiger charge is -2.36. The van der Waals surface area contributed by atoms with Crippen molar-refractivity contribution in [1.29, 1.82) is 5.26 Å². The van der Waals surface area contributed by atoms with Gasteiger partial charge in [0.25, 0.3) is 0 Å². The molecule has 0 aliphatic heterocycles. The summed E-state index contributed by atoms with van der Waals surface area (Å²) in [5.74, 6) is 0. The third-order valence-electron chi connectivity index (χ3n) is 3.39. The highest BCUT2D eigenvalue weighted by atomic mass is 15.2. The molecule has 3 heteroatoms. The van der Waals surface area contributed by atoms with Crippen LogP contribution >= 0.6 is 0 Å². The second kappa shape index (κ2) is 8.50. The van der Waals surface area contributed by atoms with Crippen LogP contribution in [0, 0.1) is 11.3 Å². The maximum absolute atomic E-state index is 9.42. The van der Waals surface area contributed by atoms with Crippen LogP contribution in [0.3, 0.4) is 0 Å². The van der Waals surface area contributed by atoms with Gasteiger partial charge in [0.2, 0.25) is 0 Å². The molecule has 0 aromatic heterocycles. The van der Waals surface area contributed by atoms with Gasteiger partial charge in [-0.25, -0.2) is 0 Å². The van der Waals surface area contributed by atoms with Gasteiger partial charge in [0, 0.05) is 18.6 Å². The number of rotatable bonds is 9. The number of unbranched alkanes of at least 4 members (excludes halogenated alkanes) is 1. The first-order chi connectivity index (χ1) is 8.38. The lowest BCUT2D eigenvalue weighted by atomic mass is 10.0. The summed E-state index contributed by atoms with van der Waals surface area (Å²) in [7, 11) is 0. The fourth-order valence-electron chi connectivity index (χ4n) is 2.23. The van der Waals surface area contributed by atoms with E-state index in [1.54, 1.807) is 0 Å². The average molecular weight is 253 g/mol. The lowest BCUT2D eigenvalue weighted by molar-refractivity contribution is 0.160. The van der Waals surface area contributed by atoms with E-state index in [-0.39, 0.29) is 0 Å². The molecule has 0 aromatic carbocycles. The molecule has 3 nitrogen and oxygen atoms in total. The highest BCUT2D eigenvalue weighted by Gasteiger charge is 2.28. The molecular formula is C15H31N3. The van der Waals surface area contributed by atoms with Crippen molar-refractivity contribution in [2.45, 2.75) is 78.4 Å². The number of hydrogen-bond donors (Lipinski definition) is 1. The van der Waals surface area contributed by atoms with Gasteiger partial charge in [-0.1, -0.05) is 20.3 Å². The number of nitriles is 1. The van der Waals surface area contributed by atoms with Gasteiger partial charge in [0.1, 0.15) is 5.54 Å². The van der Waals surface area contributed by atoms with Gasteiger partial charge in [-0.05, 0) is 47.1 Å². The minimum atomic E-state index is -0.453. The molecule has 1 N–H and O–H groups in total. The number of hydrogen-bond acceptors (Lipinski definition) is 3. The Hall–Kier alpha value is -0.590. The number of nitrogens with one attached hydrogen (secondary N) is 1. The van der Waals surface area contributed by atoms with E-state index in [4.69, 9.17) is 0 Å². The Bertz CT molecular complexity index is 257. The summed E-state index contributed by atoms with van der Waals surface area (Å²) in [6.07, 6.45) is 3.54. The maximum atomic E-state index is 9.42. The fourth-order valence-corrected chi connectivity index (χ4v) is 2.23. The van der Waals surface area contributed by atoms with E-state index in [2.05, 4.69) is 50.9 Å². The molecule has 0 heterocycles. The minimum Gasteiger partial charge on any atom is -0.298 e. The topological polar surface area (TPSA) is 39.1 Å². The third-order valence-corrected chi connectivity index (χ3v) is 3.39. The molecule has 106 valence electrons. The predicted molar refractivity (Wildman–Crippen MR) is 78.5 cm³/mol. The second-order valence-electron chi connectivity index (χ2n) is 5.82. The standard InChI is InChI=1S/C15H31N3/c1-7-9-10-18(14(5)8-2)12-15(6,11-16)17-13(3)4/h13-14,17H,7-10,12H2,1-6H3. The van der Waals surface area contributed by atoms with E-state index in [9.17, 15) is 5.26 Å². The third kappa shape index (κ3) is 6.37. The first kappa shape index (κ1) is 17.4. The highest BCUT2D eigenvalue weighted by Crippen LogP contribution is 2.13. The molecule has 0 saturated heterocycles. The van der Waals surface area contributed by atoms with E-state index in [1.165, 1.54) is 12.8 Å². The van der Waals surface area contributed by atoms with E-state index >= 15 is 0 Å². The normalized spacial score (nSPS) is 16.6. The van der Waals surface area contributed by atoms with Crippen LogP contribution in [0.25, 0.3) is 0 Å². The van der Waals surface area contributed by atoms with E-state index in [1.807, 2.05) is 6.92 Å². The van der Waals surface area contributed by atoms with Crippen molar-refractivity contribution in [2.75, 3.05) is 13.1 Å². The smallest absolute Gasteiger partial charge is 0.116 e. The Morgan fingerprint density at radius 3 is 2.28 bits per heavy atom. The van der Waals surface area contributed by atoms with Gasteiger partial charge in [-0.3, -0.25) is 10.2 Å². The van der Waals surface area contributed by atoms with Gasteiger partial charge in [-0.2, -0.15) is 5.26 Å². The predicted octanol–water partition coefficient (Wildman–Crippen LogP) is 3.17. The van der Waals surface area contributed by atoms with Gasteiger partial charge in [0.05, 0.1) is 6.07 Å². The van der Waals surface area contributed by atoms with Crippen LogP contribution in [0.4, 0.5) is 0 Å². The second-order valence-corrected chi connectivity index (χ2v) is 5.82. The highest BCUT2D eigenvalue weighted by molar-refractivity contribution is 5.06. The Morgan fingerprint density at radius 1 is 1.28 bits per heavy atom. The quantitative estimate of drug-likeness (QED) is 0.686. The molecule has 0 aromatic rings. The van der Waals surface area contributed by atoms with Crippen molar-refractivity contribution in [3.63, 3.8) is 0 Å². The van der Waals surface area contributed by atoms with Crippen LogP contribution in [0.2, 0.25) is 0 Å². The van der Waals surface area contributed by atoms with Gasteiger partial charge in [-0.15, -0.1) is 0 Å². The molecule has 2 unspecified atom stereocenters. The summed E-state index contributed by atoms with van der Waals surface area (Å²) >= 11 is 0. The molecule has 0 aliphatic rings. The summed E-state index contributed by atoms with van der Waals surface area (Å²) in [6.45, 7) is 14.8. The van der Waals surface area contributed by atoms with E-state index in [0.717, 1.165) is 19.5 Å². The van der Waals surface area contributed by atoms with Crippen molar-refractivity contribution in [3.8, 4) is 6.07 Å². The van der Waals surface area contributed by atoms with Crippen LogP contribution in [0.1, 0.15) is 60.8 Å². The molecule has 0 fully saturated rings. The zero-order valence-corrected chi connectivity index (χ0v) is 13.1. The minimum absolute atomic E-state index is 0.333. The van der Waals surface area contributed by atoms with Crippen molar-refractivity contribution in [2.24, 2.45) is 0 Å². The monoisotopic (exact) mass is 253 g/mol. The first-order valence-electron chi connectivity index (χ1n) is 7.31. The molecule has 0 aliphatic carbocycles. The molecule has 0 radical (unpaired) electrons. The Labute approximate surface area is 114 Å². The van der Waals surface area contributed by atoms with Gasteiger partial charge >= 0.3 is 0 Å². The summed E-state index contributed by atoms with van der Waals surface area (Å²) in [6, 6.07) is 3.32. The summed E-state index contributed by atoms with van der Waals surface area (Å²) in [5, 5.41) is 12.8. The molecule has 0 bridgehead atoms. The van der Waals surface area contributed by atoms with Crippen molar-refractivity contribution in [1.82, 2.24) is 10.2 Å². The van der Waals surface area contributed by atoms with Crippen LogP contribution in [-0.2, 0) is 0 Å². The fraction of sp³-hybridized carbons (Fsp3) is 0.933. The zero-order valence-electron chi connectivity index (χ0n) is 13.1.